The fourth-order valence-electron chi connectivity index (χ4n) is 7.70. The number of halogens is 1. The molecular formula is C28H33ClN2O2. The summed E-state index contributed by atoms with van der Waals surface area (Å²) in [6.45, 7) is 2.40. The van der Waals surface area contributed by atoms with Crippen LogP contribution < -0.4 is 5.32 Å². The van der Waals surface area contributed by atoms with E-state index in [-0.39, 0.29) is 5.92 Å². The monoisotopic (exact) mass is 464 g/mol. The molecule has 1 aliphatic heterocycles. The number of carbonyl (C=O) groups is 1. The van der Waals surface area contributed by atoms with Crippen molar-refractivity contribution in [1.82, 2.24) is 4.90 Å². The van der Waals surface area contributed by atoms with E-state index in [9.17, 15) is 9.90 Å². The molecule has 0 spiro atoms. The van der Waals surface area contributed by atoms with Crippen molar-refractivity contribution in [1.29, 1.82) is 0 Å². The van der Waals surface area contributed by atoms with Crippen LogP contribution in [0.2, 0.25) is 5.02 Å². The third kappa shape index (κ3) is 3.95. The summed E-state index contributed by atoms with van der Waals surface area (Å²) >= 11 is 6.77. The number of carboxylic acid groups (broad SMARTS) is 1. The maximum Gasteiger partial charge on any atom is 0.307 e. The molecule has 5 fully saturated rings. The second-order valence-corrected chi connectivity index (χ2v) is 11.5. The number of benzene rings is 2. The Labute approximate surface area is 201 Å². The van der Waals surface area contributed by atoms with Gasteiger partial charge in [0.1, 0.15) is 0 Å². The minimum atomic E-state index is -0.671. The minimum absolute atomic E-state index is 0.237. The van der Waals surface area contributed by atoms with Gasteiger partial charge in [-0.2, -0.15) is 0 Å². The first-order valence-electron chi connectivity index (χ1n) is 12.6. The summed E-state index contributed by atoms with van der Waals surface area (Å²) < 4.78 is 0. The van der Waals surface area contributed by atoms with Gasteiger partial charge in [-0.25, -0.2) is 0 Å². The summed E-state index contributed by atoms with van der Waals surface area (Å²) in [5.41, 5.74) is 5.05. The van der Waals surface area contributed by atoms with Crippen molar-refractivity contribution in [3.63, 3.8) is 0 Å². The molecule has 5 heteroatoms. The highest BCUT2D eigenvalue weighted by atomic mass is 35.5. The lowest BCUT2D eigenvalue weighted by Gasteiger charge is -2.34. The third-order valence-corrected chi connectivity index (χ3v) is 9.34. The van der Waals surface area contributed by atoms with Crippen molar-refractivity contribution in [3.8, 4) is 0 Å². The zero-order valence-electron chi connectivity index (χ0n) is 19.1. The zero-order chi connectivity index (χ0) is 22.6. The van der Waals surface area contributed by atoms with E-state index >= 15 is 0 Å². The van der Waals surface area contributed by atoms with Gasteiger partial charge in [-0.3, -0.25) is 9.69 Å². The molecule has 7 rings (SSSR count). The molecule has 5 aliphatic rings. The Hall–Kier alpha value is -2.04. The lowest BCUT2D eigenvalue weighted by atomic mass is 9.71. The number of hydrogen-bond acceptors (Lipinski definition) is 3. The van der Waals surface area contributed by atoms with Crippen LogP contribution in [0.25, 0.3) is 0 Å². The first-order chi connectivity index (χ1) is 16.0. The van der Waals surface area contributed by atoms with E-state index in [2.05, 4.69) is 52.7 Å². The standard InChI is InChI=1S/C28H33ClN2O2/c29-25-13-22(28-14-19-10-20(15-28)12-23(28)11-19)5-8-26(25)30-24-6-3-18(4-7-24)16-31-9-1-2-21(17-31)27(32)33/h3-8,13,19-21,23,30H,1-2,9-12,14-17H2,(H,32,33). The zero-order valence-corrected chi connectivity index (χ0v) is 19.9. The molecule has 1 heterocycles. The first kappa shape index (κ1) is 21.5. The van der Waals surface area contributed by atoms with E-state index in [1.54, 1.807) is 0 Å². The normalized spacial score (nSPS) is 32.9. The third-order valence-electron chi connectivity index (χ3n) is 9.03. The lowest BCUT2D eigenvalue weighted by Crippen LogP contribution is -2.38. The van der Waals surface area contributed by atoms with Gasteiger partial charge in [0, 0.05) is 18.8 Å². The van der Waals surface area contributed by atoms with Crippen molar-refractivity contribution in [2.45, 2.75) is 56.9 Å². The van der Waals surface area contributed by atoms with Crippen LogP contribution in [0.4, 0.5) is 11.4 Å². The highest BCUT2D eigenvalue weighted by Crippen LogP contribution is 2.66. The molecule has 3 unspecified atom stereocenters. The predicted molar refractivity (Wildman–Crippen MR) is 132 cm³/mol. The number of hydrogen-bond donors (Lipinski definition) is 2. The molecule has 1 saturated heterocycles. The lowest BCUT2D eigenvalue weighted by molar-refractivity contribution is -0.143. The van der Waals surface area contributed by atoms with Crippen LogP contribution in [-0.2, 0) is 16.8 Å². The molecule has 2 N–H and O–H groups in total. The Morgan fingerprint density at radius 1 is 1.09 bits per heavy atom. The Kier molecular flexibility index (Phi) is 5.42. The van der Waals surface area contributed by atoms with Crippen molar-refractivity contribution in [2.75, 3.05) is 18.4 Å². The van der Waals surface area contributed by atoms with Crippen LogP contribution >= 0.6 is 11.6 Å². The van der Waals surface area contributed by atoms with Gasteiger partial charge in [0.25, 0.3) is 0 Å². The molecular weight excluding hydrogens is 432 g/mol. The summed E-state index contributed by atoms with van der Waals surface area (Å²) in [5.74, 6) is 1.85. The van der Waals surface area contributed by atoms with Crippen molar-refractivity contribution in [3.05, 3.63) is 58.6 Å². The molecule has 0 radical (unpaired) electrons. The van der Waals surface area contributed by atoms with E-state index in [4.69, 9.17) is 11.6 Å². The fourth-order valence-corrected chi connectivity index (χ4v) is 7.93. The largest absolute Gasteiger partial charge is 0.481 e. The van der Waals surface area contributed by atoms with E-state index in [0.717, 1.165) is 60.1 Å². The van der Waals surface area contributed by atoms with E-state index in [0.29, 0.717) is 12.0 Å². The number of nitrogens with one attached hydrogen (secondary N) is 1. The molecule has 4 saturated carbocycles. The van der Waals surface area contributed by atoms with Crippen molar-refractivity contribution >= 4 is 28.9 Å². The van der Waals surface area contributed by atoms with Gasteiger partial charge in [-0.1, -0.05) is 29.8 Å². The number of rotatable bonds is 6. The Morgan fingerprint density at radius 2 is 1.85 bits per heavy atom. The van der Waals surface area contributed by atoms with Crippen molar-refractivity contribution in [2.24, 2.45) is 23.7 Å². The molecule has 4 aliphatic carbocycles. The Morgan fingerprint density at radius 3 is 2.55 bits per heavy atom. The van der Waals surface area contributed by atoms with Crippen LogP contribution in [0, 0.1) is 23.7 Å². The number of piperidine rings is 1. The number of nitrogens with zero attached hydrogens (tertiary/aromatic N) is 1. The van der Waals surface area contributed by atoms with Crippen LogP contribution in [0.5, 0.6) is 0 Å². The van der Waals surface area contributed by atoms with Crippen LogP contribution in [-0.4, -0.2) is 29.1 Å². The van der Waals surface area contributed by atoms with E-state index < -0.39 is 5.97 Å². The van der Waals surface area contributed by atoms with E-state index in [1.165, 1.54) is 43.2 Å². The molecule has 4 bridgehead atoms. The van der Waals surface area contributed by atoms with Crippen LogP contribution in [0.15, 0.2) is 42.5 Å². The smallest absolute Gasteiger partial charge is 0.307 e. The number of anilines is 2. The highest BCUT2D eigenvalue weighted by Gasteiger charge is 2.58. The highest BCUT2D eigenvalue weighted by molar-refractivity contribution is 6.33. The number of carboxylic acids is 1. The molecule has 4 nitrogen and oxygen atoms in total. The second-order valence-electron chi connectivity index (χ2n) is 11.1. The molecule has 3 atom stereocenters. The average Bonchev–Trinajstić information content (AvgIpc) is 3.21. The first-order valence-corrected chi connectivity index (χ1v) is 13.0. The summed E-state index contributed by atoms with van der Waals surface area (Å²) in [6.07, 6.45) is 8.78. The Bertz CT molecular complexity index is 1040. The second kappa shape index (κ2) is 8.32. The van der Waals surface area contributed by atoms with Gasteiger partial charge in [-0.05, 0) is 110 Å². The molecule has 2 aromatic carbocycles. The average molecular weight is 465 g/mol. The molecule has 2 aromatic rings. The molecule has 0 amide bonds. The predicted octanol–water partition coefficient (Wildman–Crippen LogP) is 6.46. The van der Waals surface area contributed by atoms with Crippen LogP contribution in [0.1, 0.15) is 56.1 Å². The minimum Gasteiger partial charge on any atom is -0.481 e. The quantitative estimate of drug-likeness (QED) is 0.515. The SMILES string of the molecule is O=C(O)C1CCCN(Cc2ccc(Nc3ccc(C45CC6CC(CC4C6)C5)cc3Cl)cc2)C1. The maximum atomic E-state index is 11.3. The van der Waals surface area contributed by atoms with Crippen LogP contribution in [0.3, 0.4) is 0 Å². The van der Waals surface area contributed by atoms with Crippen molar-refractivity contribution < 1.29 is 9.90 Å². The summed E-state index contributed by atoms with van der Waals surface area (Å²) in [7, 11) is 0. The molecule has 0 aromatic heterocycles. The fraction of sp³-hybridized carbons (Fsp3) is 0.536. The van der Waals surface area contributed by atoms with Gasteiger partial charge >= 0.3 is 5.97 Å². The van der Waals surface area contributed by atoms with Gasteiger partial charge in [0.15, 0.2) is 0 Å². The molecule has 174 valence electrons. The maximum absolute atomic E-state index is 11.3. The molecule has 33 heavy (non-hydrogen) atoms. The number of likely N-dealkylation sites (tertiary alicyclic amines) is 1. The summed E-state index contributed by atoms with van der Waals surface area (Å²) in [4.78, 5) is 13.6. The van der Waals surface area contributed by atoms with Gasteiger partial charge in [0.2, 0.25) is 0 Å². The van der Waals surface area contributed by atoms with E-state index in [1.807, 2.05) is 0 Å². The summed E-state index contributed by atoms with van der Waals surface area (Å²) in [5, 5.41) is 13.6. The van der Waals surface area contributed by atoms with Gasteiger partial charge in [-0.15, -0.1) is 0 Å². The van der Waals surface area contributed by atoms with Gasteiger partial charge in [0.05, 0.1) is 16.6 Å². The number of aliphatic carboxylic acids is 1. The van der Waals surface area contributed by atoms with Gasteiger partial charge < -0.3 is 10.4 Å². The summed E-state index contributed by atoms with van der Waals surface area (Å²) in [6, 6.07) is 15.2. The topological polar surface area (TPSA) is 52.6 Å². The Balaban J connectivity index is 1.12.